The number of methoxy groups -OCH3 is 1. The summed E-state index contributed by atoms with van der Waals surface area (Å²) in [5.41, 5.74) is -0.174. The molecule has 0 spiro atoms. The van der Waals surface area contributed by atoms with Crippen molar-refractivity contribution in [1.29, 1.82) is 0 Å². The molecule has 7 heteroatoms. The van der Waals surface area contributed by atoms with E-state index in [9.17, 15) is 18.0 Å². The van der Waals surface area contributed by atoms with Crippen LogP contribution in [0.4, 0.5) is 13.2 Å². The third-order valence-corrected chi connectivity index (χ3v) is 3.69. The molecule has 0 aliphatic heterocycles. The van der Waals surface area contributed by atoms with Gasteiger partial charge in [-0.05, 0) is 24.1 Å². The number of halogens is 3. The van der Waals surface area contributed by atoms with Crippen LogP contribution in [0.5, 0.6) is 5.75 Å². The van der Waals surface area contributed by atoms with Gasteiger partial charge in [-0.25, -0.2) is 0 Å². The maximum atomic E-state index is 13.0. The highest BCUT2D eigenvalue weighted by atomic mass is 19.4. The fourth-order valence-electron chi connectivity index (χ4n) is 2.63. The van der Waals surface area contributed by atoms with E-state index < -0.39 is 17.7 Å². The Morgan fingerprint density at radius 1 is 1.23 bits per heavy atom. The third kappa shape index (κ3) is 2.47. The Bertz CT molecular complexity index is 718. The van der Waals surface area contributed by atoms with Crippen LogP contribution < -0.4 is 4.74 Å². The van der Waals surface area contributed by atoms with Crippen LogP contribution in [0.3, 0.4) is 0 Å². The zero-order valence-corrected chi connectivity index (χ0v) is 11.8. The molecule has 1 heterocycles. The second-order valence-electron chi connectivity index (χ2n) is 5.10. The fourth-order valence-corrected chi connectivity index (χ4v) is 2.63. The molecular formula is C15H13F3N2O2. The van der Waals surface area contributed by atoms with Gasteiger partial charge < -0.3 is 4.74 Å². The Kier molecular flexibility index (Phi) is 3.42. The van der Waals surface area contributed by atoms with Gasteiger partial charge in [0.2, 0.25) is 0 Å². The van der Waals surface area contributed by atoms with Gasteiger partial charge in [-0.2, -0.15) is 18.3 Å². The molecule has 0 N–H and O–H groups in total. The molecule has 0 atom stereocenters. The Morgan fingerprint density at radius 2 is 1.91 bits per heavy atom. The first-order chi connectivity index (χ1) is 10.4. The summed E-state index contributed by atoms with van der Waals surface area (Å²) in [6, 6.07) is 6.98. The normalized spacial score (nSPS) is 14.3. The number of rotatable bonds is 3. The summed E-state index contributed by atoms with van der Waals surface area (Å²) in [5.74, 6) is 0.184. The van der Waals surface area contributed by atoms with Crippen LogP contribution >= 0.6 is 0 Å². The largest absolute Gasteiger partial charge is 0.497 e. The smallest absolute Gasteiger partial charge is 0.435 e. The van der Waals surface area contributed by atoms with Gasteiger partial charge in [0.1, 0.15) is 5.75 Å². The molecule has 116 valence electrons. The fraction of sp³-hybridized carbons (Fsp3) is 0.333. The Balaban J connectivity index is 1.97. The minimum atomic E-state index is -4.62. The van der Waals surface area contributed by atoms with Gasteiger partial charge in [0.15, 0.2) is 11.5 Å². The quantitative estimate of drug-likeness (QED) is 0.875. The molecule has 0 saturated carbocycles. The van der Waals surface area contributed by atoms with Crippen molar-refractivity contribution in [3.8, 4) is 5.75 Å². The van der Waals surface area contributed by atoms with E-state index in [0.717, 1.165) is 5.56 Å². The lowest BCUT2D eigenvalue weighted by atomic mass is 10.2. The van der Waals surface area contributed by atoms with Crippen molar-refractivity contribution < 1.29 is 22.7 Å². The number of nitrogens with zero attached hydrogens (tertiary/aromatic N) is 2. The SMILES string of the molecule is COc1ccc(Cn2nc(C(F)(F)F)c3c2CCC3=O)cc1. The van der Waals surface area contributed by atoms with Crippen molar-refractivity contribution in [2.24, 2.45) is 0 Å². The van der Waals surface area contributed by atoms with Crippen LogP contribution in [0.2, 0.25) is 0 Å². The summed E-state index contributed by atoms with van der Waals surface area (Å²) in [6.45, 7) is 0.190. The van der Waals surface area contributed by atoms with Gasteiger partial charge in [0.05, 0.1) is 24.9 Å². The Hall–Kier alpha value is -2.31. The number of hydrogen-bond donors (Lipinski definition) is 0. The van der Waals surface area contributed by atoms with Crippen LogP contribution in [0, 0.1) is 0 Å². The lowest BCUT2D eigenvalue weighted by molar-refractivity contribution is -0.141. The number of carbonyl (C=O) groups excluding carboxylic acids is 1. The first-order valence-corrected chi connectivity index (χ1v) is 6.73. The van der Waals surface area contributed by atoms with Crippen LogP contribution in [0.1, 0.15) is 33.7 Å². The maximum Gasteiger partial charge on any atom is 0.435 e. The average Bonchev–Trinajstić information content (AvgIpc) is 3.01. The van der Waals surface area contributed by atoms with Gasteiger partial charge in [-0.3, -0.25) is 9.48 Å². The Morgan fingerprint density at radius 3 is 2.50 bits per heavy atom. The van der Waals surface area contributed by atoms with Crippen molar-refractivity contribution in [1.82, 2.24) is 9.78 Å². The number of hydrogen-bond acceptors (Lipinski definition) is 3. The van der Waals surface area contributed by atoms with E-state index in [1.165, 1.54) is 11.8 Å². The van der Waals surface area contributed by atoms with Gasteiger partial charge in [-0.15, -0.1) is 0 Å². The topological polar surface area (TPSA) is 44.1 Å². The summed E-state index contributed by atoms with van der Waals surface area (Å²) in [6.07, 6.45) is -4.21. The monoisotopic (exact) mass is 310 g/mol. The molecule has 0 amide bonds. The molecule has 22 heavy (non-hydrogen) atoms. The molecule has 1 aliphatic rings. The predicted octanol–water partition coefficient (Wildman–Crippen LogP) is 3.09. The number of carbonyl (C=O) groups is 1. The van der Waals surface area contributed by atoms with Gasteiger partial charge >= 0.3 is 6.18 Å². The molecule has 4 nitrogen and oxygen atoms in total. The van der Waals surface area contributed by atoms with Crippen molar-refractivity contribution in [3.05, 3.63) is 46.8 Å². The van der Waals surface area contributed by atoms with E-state index in [1.807, 2.05) is 0 Å². The molecule has 0 unspecified atom stereocenters. The number of Topliss-reactive ketones (excluding diaryl/α,β-unsaturated/α-hetero) is 1. The first kappa shape index (κ1) is 14.6. The van der Waals surface area contributed by atoms with Crippen LogP contribution in [0.15, 0.2) is 24.3 Å². The first-order valence-electron chi connectivity index (χ1n) is 6.73. The van der Waals surface area contributed by atoms with E-state index >= 15 is 0 Å². The summed E-state index contributed by atoms with van der Waals surface area (Å²) in [4.78, 5) is 11.7. The van der Waals surface area contributed by atoms with Crippen LogP contribution in [-0.2, 0) is 19.1 Å². The summed E-state index contributed by atoms with van der Waals surface area (Å²) >= 11 is 0. The van der Waals surface area contributed by atoms with Crippen molar-refractivity contribution in [2.45, 2.75) is 25.6 Å². The standard InChI is InChI=1S/C15H13F3N2O2/c1-22-10-4-2-9(3-5-10)8-20-11-6-7-12(21)13(11)14(19-20)15(16,17)18/h2-5H,6-8H2,1H3. The molecule has 0 fully saturated rings. The number of ether oxygens (including phenoxy) is 1. The minimum absolute atomic E-state index is 0.110. The van der Waals surface area contributed by atoms with Crippen molar-refractivity contribution in [2.75, 3.05) is 7.11 Å². The second-order valence-corrected chi connectivity index (χ2v) is 5.10. The molecule has 2 aromatic rings. The highest BCUT2D eigenvalue weighted by Crippen LogP contribution is 2.36. The number of benzene rings is 1. The van der Waals surface area contributed by atoms with Gasteiger partial charge in [0.25, 0.3) is 0 Å². The van der Waals surface area contributed by atoms with E-state index in [2.05, 4.69) is 5.10 Å². The van der Waals surface area contributed by atoms with E-state index in [0.29, 0.717) is 17.9 Å². The summed E-state index contributed by atoms with van der Waals surface area (Å²) in [5, 5.41) is 3.63. The van der Waals surface area contributed by atoms with Crippen LogP contribution in [-0.4, -0.2) is 22.7 Å². The van der Waals surface area contributed by atoms with Crippen molar-refractivity contribution in [3.63, 3.8) is 0 Å². The molecular weight excluding hydrogens is 297 g/mol. The average molecular weight is 310 g/mol. The van der Waals surface area contributed by atoms with E-state index in [-0.39, 0.29) is 18.5 Å². The molecule has 0 saturated heterocycles. The highest BCUT2D eigenvalue weighted by Gasteiger charge is 2.43. The predicted molar refractivity (Wildman–Crippen MR) is 72.0 cm³/mol. The zero-order valence-electron chi connectivity index (χ0n) is 11.8. The zero-order chi connectivity index (χ0) is 15.9. The number of aromatic nitrogens is 2. The third-order valence-electron chi connectivity index (χ3n) is 3.69. The molecule has 3 rings (SSSR count). The van der Waals surface area contributed by atoms with Crippen LogP contribution in [0.25, 0.3) is 0 Å². The molecule has 1 aromatic heterocycles. The van der Waals surface area contributed by atoms with Gasteiger partial charge in [0, 0.05) is 6.42 Å². The molecule has 0 radical (unpaired) electrons. The van der Waals surface area contributed by atoms with Crippen molar-refractivity contribution >= 4 is 5.78 Å². The number of fused-ring (bicyclic) bond motifs is 1. The minimum Gasteiger partial charge on any atom is -0.497 e. The number of alkyl halides is 3. The summed E-state index contributed by atoms with van der Waals surface area (Å²) in [7, 11) is 1.54. The maximum absolute atomic E-state index is 13.0. The van der Waals surface area contributed by atoms with E-state index in [1.54, 1.807) is 24.3 Å². The van der Waals surface area contributed by atoms with E-state index in [4.69, 9.17) is 4.74 Å². The lowest BCUT2D eigenvalue weighted by Gasteiger charge is -2.07. The lowest BCUT2D eigenvalue weighted by Crippen LogP contribution is -2.12. The number of ketones is 1. The Labute approximate surface area is 124 Å². The molecule has 0 bridgehead atoms. The molecule has 1 aliphatic carbocycles. The highest BCUT2D eigenvalue weighted by molar-refractivity contribution is 6.01. The summed E-state index contributed by atoms with van der Waals surface area (Å²) < 4.78 is 45.4. The van der Waals surface area contributed by atoms with Gasteiger partial charge in [-0.1, -0.05) is 12.1 Å². The second kappa shape index (κ2) is 5.15. The molecule has 1 aromatic carbocycles.